The monoisotopic (exact) mass is 333 g/mol. The molecule has 0 aliphatic carbocycles. The minimum Gasteiger partial charge on any atom is -0.370 e. The highest BCUT2D eigenvalue weighted by atomic mass is 16.2. The summed E-state index contributed by atoms with van der Waals surface area (Å²) < 4.78 is 0. The Kier molecular flexibility index (Phi) is 7.28. The summed E-state index contributed by atoms with van der Waals surface area (Å²) in [6.45, 7) is 7.90. The molecule has 1 aliphatic heterocycles. The summed E-state index contributed by atoms with van der Waals surface area (Å²) in [5, 5.41) is 3.23. The van der Waals surface area contributed by atoms with Crippen LogP contribution in [-0.2, 0) is 4.79 Å². The normalized spacial score (nSPS) is 15.4. The van der Waals surface area contributed by atoms with Crippen molar-refractivity contribution in [2.45, 2.75) is 46.0 Å². The van der Waals surface area contributed by atoms with Crippen molar-refractivity contribution < 1.29 is 4.79 Å². The third-order valence-electron chi connectivity index (χ3n) is 4.70. The zero-order valence-corrected chi connectivity index (χ0v) is 15.3. The molecule has 1 aliphatic rings. The molecule has 1 saturated heterocycles. The van der Waals surface area contributed by atoms with Gasteiger partial charge < -0.3 is 15.1 Å². The van der Waals surface area contributed by atoms with E-state index in [1.165, 1.54) is 0 Å². The minimum atomic E-state index is 0.283. The molecule has 1 aromatic heterocycles. The highest BCUT2D eigenvalue weighted by Gasteiger charge is 2.21. The number of carbonyl (C=O) groups excluding carboxylic acids is 1. The number of anilines is 2. The molecule has 1 amide bonds. The zero-order chi connectivity index (χ0) is 17.4. The molecule has 1 aromatic rings. The Labute approximate surface area is 145 Å². The molecule has 6 heteroatoms. The van der Waals surface area contributed by atoms with E-state index in [2.05, 4.69) is 34.0 Å². The van der Waals surface area contributed by atoms with Gasteiger partial charge in [-0.15, -0.1) is 0 Å². The fourth-order valence-electron chi connectivity index (χ4n) is 3.23. The van der Waals surface area contributed by atoms with Gasteiger partial charge in [0, 0.05) is 45.7 Å². The molecule has 6 nitrogen and oxygen atoms in total. The van der Waals surface area contributed by atoms with E-state index in [0.29, 0.717) is 12.3 Å². The topological polar surface area (TPSA) is 61.4 Å². The van der Waals surface area contributed by atoms with E-state index in [-0.39, 0.29) is 5.91 Å². The van der Waals surface area contributed by atoms with E-state index in [9.17, 15) is 4.79 Å². The van der Waals surface area contributed by atoms with Gasteiger partial charge in [0.25, 0.3) is 0 Å². The Morgan fingerprint density at radius 1 is 1.33 bits per heavy atom. The highest BCUT2D eigenvalue weighted by Crippen LogP contribution is 2.25. The van der Waals surface area contributed by atoms with Crippen LogP contribution in [0.2, 0.25) is 0 Å². The van der Waals surface area contributed by atoms with E-state index in [4.69, 9.17) is 0 Å². The summed E-state index contributed by atoms with van der Waals surface area (Å²) in [6.07, 6.45) is 6.60. The van der Waals surface area contributed by atoms with Crippen LogP contribution in [0.15, 0.2) is 12.4 Å². The second-order valence-electron chi connectivity index (χ2n) is 6.58. The molecule has 0 radical (unpaired) electrons. The van der Waals surface area contributed by atoms with Gasteiger partial charge in [0.05, 0.1) is 0 Å². The lowest BCUT2D eigenvalue weighted by atomic mass is 9.92. The minimum absolute atomic E-state index is 0.283. The van der Waals surface area contributed by atoms with Crippen LogP contribution >= 0.6 is 0 Å². The van der Waals surface area contributed by atoms with Crippen LogP contribution in [0.5, 0.6) is 0 Å². The Bertz CT molecular complexity index is 514. The van der Waals surface area contributed by atoms with Crippen LogP contribution in [-0.4, -0.2) is 54.0 Å². The lowest BCUT2D eigenvalue weighted by molar-refractivity contribution is -0.130. The quantitative estimate of drug-likeness (QED) is 0.792. The van der Waals surface area contributed by atoms with Crippen molar-refractivity contribution in [3.8, 4) is 0 Å². The van der Waals surface area contributed by atoms with Gasteiger partial charge in [-0.1, -0.05) is 6.92 Å². The molecule has 0 unspecified atom stereocenters. The number of hydrogen-bond acceptors (Lipinski definition) is 5. The smallest absolute Gasteiger partial charge is 0.222 e. The number of nitrogens with one attached hydrogen (secondary N) is 1. The molecule has 1 fully saturated rings. The highest BCUT2D eigenvalue weighted by molar-refractivity contribution is 5.75. The van der Waals surface area contributed by atoms with Gasteiger partial charge in [0.2, 0.25) is 5.91 Å². The van der Waals surface area contributed by atoms with Crippen molar-refractivity contribution in [1.82, 2.24) is 14.9 Å². The molecule has 0 atom stereocenters. The SMILES string of the molecule is CCCN(C)C(=O)CCC1CCN(c2cc(NCC)ncn2)CC1. The first-order chi connectivity index (χ1) is 11.6. The molecular formula is C18H31N5O. The van der Waals surface area contributed by atoms with E-state index in [1.54, 1.807) is 6.33 Å². The van der Waals surface area contributed by atoms with Gasteiger partial charge in [0.15, 0.2) is 0 Å². The van der Waals surface area contributed by atoms with Crippen LogP contribution < -0.4 is 10.2 Å². The fourth-order valence-corrected chi connectivity index (χ4v) is 3.23. The summed E-state index contributed by atoms with van der Waals surface area (Å²) >= 11 is 0. The molecular weight excluding hydrogens is 302 g/mol. The number of hydrogen-bond donors (Lipinski definition) is 1. The van der Waals surface area contributed by atoms with Crippen LogP contribution in [0.1, 0.15) is 46.0 Å². The largest absolute Gasteiger partial charge is 0.370 e. The summed E-state index contributed by atoms with van der Waals surface area (Å²) in [4.78, 5) is 24.9. The maximum atomic E-state index is 12.1. The lowest BCUT2D eigenvalue weighted by Gasteiger charge is -2.33. The molecule has 0 aromatic carbocycles. The predicted molar refractivity (Wildman–Crippen MR) is 98.3 cm³/mol. The Morgan fingerprint density at radius 2 is 2.08 bits per heavy atom. The number of nitrogens with zero attached hydrogens (tertiary/aromatic N) is 4. The third kappa shape index (κ3) is 5.35. The molecule has 0 spiro atoms. The average Bonchev–Trinajstić information content (AvgIpc) is 2.61. The molecule has 24 heavy (non-hydrogen) atoms. The third-order valence-corrected chi connectivity index (χ3v) is 4.70. The summed E-state index contributed by atoms with van der Waals surface area (Å²) in [5.41, 5.74) is 0. The van der Waals surface area contributed by atoms with Crippen LogP contribution in [0.4, 0.5) is 11.6 Å². The lowest BCUT2D eigenvalue weighted by Crippen LogP contribution is -2.35. The maximum absolute atomic E-state index is 12.1. The Hall–Kier alpha value is -1.85. The van der Waals surface area contributed by atoms with Crippen molar-refractivity contribution >= 4 is 17.5 Å². The van der Waals surface area contributed by atoms with E-state index in [0.717, 1.165) is 63.5 Å². The van der Waals surface area contributed by atoms with E-state index < -0.39 is 0 Å². The molecule has 2 heterocycles. The van der Waals surface area contributed by atoms with Crippen molar-refractivity contribution in [3.05, 3.63) is 12.4 Å². The van der Waals surface area contributed by atoms with E-state index >= 15 is 0 Å². The van der Waals surface area contributed by atoms with Gasteiger partial charge in [-0.05, 0) is 38.5 Å². The first kappa shape index (κ1) is 18.5. The summed E-state index contributed by atoms with van der Waals surface area (Å²) in [7, 11) is 1.91. The number of aromatic nitrogens is 2. The molecule has 0 bridgehead atoms. The van der Waals surface area contributed by atoms with Crippen molar-refractivity contribution in [2.24, 2.45) is 5.92 Å². The second kappa shape index (κ2) is 9.45. The standard InChI is InChI=1S/C18H31N5O/c1-4-10-22(3)18(24)7-6-15-8-11-23(12-9-15)17-13-16(19-5-2)20-14-21-17/h13-15H,4-12H2,1-3H3,(H,19,20,21). The van der Waals surface area contributed by atoms with Gasteiger partial charge in [-0.25, -0.2) is 9.97 Å². The van der Waals surface area contributed by atoms with Crippen LogP contribution in [0.3, 0.4) is 0 Å². The van der Waals surface area contributed by atoms with Crippen LogP contribution in [0, 0.1) is 5.92 Å². The van der Waals surface area contributed by atoms with Crippen molar-refractivity contribution in [2.75, 3.05) is 43.4 Å². The molecule has 2 rings (SSSR count). The van der Waals surface area contributed by atoms with Gasteiger partial charge >= 0.3 is 0 Å². The van der Waals surface area contributed by atoms with Crippen molar-refractivity contribution in [1.29, 1.82) is 0 Å². The molecule has 134 valence electrons. The number of amides is 1. The fraction of sp³-hybridized carbons (Fsp3) is 0.722. The van der Waals surface area contributed by atoms with E-state index in [1.807, 2.05) is 18.0 Å². The first-order valence-electron chi connectivity index (χ1n) is 9.18. The summed E-state index contributed by atoms with van der Waals surface area (Å²) in [6, 6.07) is 2.02. The number of rotatable bonds is 8. The predicted octanol–water partition coefficient (Wildman–Crippen LogP) is 2.77. The second-order valence-corrected chi connectivity index (χ2v) is 6.58. The van der Waals surface area contributed by atoms with Gasteiger partial charge in [-0.2, -0.15) is 0 Å². The number of carbonyl (C=O) groups is 1. The van der Waals surface area contributed by atoms with Gasteiger partial charge in [-0.3, -0.25) is 4.79 Å². The Balaban J connectivity index is 1.77. The van der Waals surface area contributed by atoms with Crippen molar-refractivity contribution in [3.63, 3.8) is 0 Å². The Morgan fingerprint density at radius 3 is 2.75 bits per heavy atom. The molecule has 0 saturated carbocycles. The first-order valence-corrected chi connectivity index (χ1v) is 9.18. The number of piperidine rings is 1. The summed E-state index contributed by atoms with van der Waals surface area (Å²) in [5.74, 6) is 2.81. The average molecular weight is 333 g/mol. The van der Waals surface area contributed by atoms with Crippen LogP contribution in [0.25, 0.3) is 0 Å². The maximum Gasteiger partial charge on any atom is 0.222 e. The zero-order valence-electron chi connectivity index (χ0n) is 15.3. The van der Waals surface area contributed by atoms with Gasteiger partial charge in [0.1, 0.15) is 18.0 Å². The molecule has 1 N–H and O–H groups in total.